The second kappa shape index (κ2) is 6.75. The van der Waals surface area contributed by atoms with E-state index in [1.165, 1.54) is 0 Å². The van der Waals surface area contributed by atoms with Crippen molar-refractivity contribution in [1.82, 2.24) is 4.90 Å². The molecule has 0 aliphatic heterocycles. The maximum atomic E-state index is 11.9. The molecule has 1 aromatic rings. The summed E-state index contributed by atoms with van der Waals surface area (Å²) < 4.78 is 23.8. The second-order valence-electron chi connectivity index (χ2n) is 4.22. The molecule has 0 saturated carbocycles. The summed E-state index contributed by atoms with van der Waals surface area (Å²) in [5.74, 6) is 0.126. The SMILES string of the molecule is CCN(C)CCNc1ccccc1S(=O)(=O)CC. The molecule has 1 rings (SSSR count). The first-order valence-electron chi connectivity index (χ1n) is 6.25. The zero-order valence-corrected chi connectivity index (χ0v) is 12.1. The molecular weight excluding hydrogens is 248 g/mol. The zero-order valence-electron chi connectivity index (χ0n) is 11.3. The van der Waals surface area contributed by atoms with Crippen molar-refractivity contribution in [2.24, 2.45) is 0 Å². The van der Waals surface area contributed by atoms with Crippen LogP contribution < -0.4 is 5.32 Å². The van der Waals surface area contributed by atoms with Crippen molar-refractivity contribution in [3.05, 3.63) is 24.3 Å². The van der Waals surface area contributed by atoms with Crippen LogP contribution in [0, 0.1) is 0 Å². The van der Waals surface area contributed by atoms with Crippen LogP contribution in [0.4, 0.5) is 5.69 Å². The highest BCUT2D eigenvalue weighted by Crippen LogP contribution is 2.21. The number of benzene rings is 1. The molecule has 0 aromatic heterocycles. The van der Waals surface area contributed by atoms with E-state index < -0.39 is 9.84 Å². The average molecular weight is 270 g/mol. The maximum absolute atomic E-state index is 11.9. The second-order valence-corrected chi connectivity index (χ2v) is 6.47. The number of hydrogen-bond acceptors (Lipinski definition) is 4. The van der Waals surface area contributed by atoms with Crippen molar-refractivity contribution in [2.45, 2.75) is 18.7 Å². The fraction of sp³-hybridized carbons (Fsp3) is 0.538. The summed E-state index contributed by atoms with van der Waals surface area (Å²) in [5, 5.41) is 3.20. The number of para-hydroxylation sites is 1. The molecule has 0 bridgehead atoms. The van der Waals surface area contributed by atoms with Gasteiger partial charge in [0, 0.05) is 13.1 Å². The van der Waals surface area contributed by atoms with Gasteiger partial charge in [0.25, 0.3) is 0 Å². The third-order valence-corrected chi connectivity index (χ3v) is 4.74. The van der Waals surface area contributed by atoms with Gasteiger partial charge in [-0.25, -0.2) is 8.42 Å². The Balaban J connectivity index is 2.78. The Bertz CT molecular complexity index is 472. The first-order valence-corrected chi connectivity index (χ1v) is 7.90. The predicted molar refractivity (Wildman–Crippen MR) is 75.8 cm³/mol. The van der Waals surface area contributed by atoms with Crippen LogP contribution in [-0.2, 0) is 9.84 Å². The minimum atomic E-state index is -3.16. The van der Waals surface area contributed by atoms with Gasteiger partial charge in [0.15, 0.2) is 9.84 Å². The highest BCUT2D eigenvalue weighted by molar-refractivity contribution is 7.91. The lowest BCUT2D eigenvalue weighted by atomic mass is 10.3. The molecule has 1 N–H and O–H groups in total. The van der Waals surface area contributed by atoms with E-state index >= 15 is 0 Å². The number of likely N-dealkylation sites (N-methyl/N-ethyl adjacent to an activating group) is 1. The fourth-order valence-electron chi connectivity index (χ4n) is 1.58. The van der Waals surface area contributed by atoms with E-state index in [0.29, 0.717) is 10.6 Å². The lowest BCUT2D eigenvalue weighted by molar-refractivity contribution is 0.367. The van der Waals surface area contributed by atoms with Gasteiger partial charge in [-0.05, 0) is 25.7 Å². The number of anilines is 1. The molecule has 1 aromatic carbocycles. The molecule has 102 valence electrons. The highest BCUT2D eigenvalue weighted by atomic mass is 32.2. The molecule has 0 aliphatic rings. The Morgan fingerprint density at radius 2 is 1.89 bits per heavy atom. The van der Waals surface area contributed by atoms with E-state index in [0.717, 1.165) is 19.6 Å². The Kier molecular flexibility index (Phi) is 5.62. The van der Waals surface area contributed by atoms with E-state index in [2.05, 4.69) is 17.1 Å². The van der Waals surface area contributed by atoms with Gasteiger partial charge in [0.2, 0.25) is 0 Å². The molecule has 0 unspecified atom stereocenters. The lowest BCUT2D eigenvalue weighted by Gasteiger charge is -2.16. The minimum absolute atomic E-state index is 0.126. The molecule has 4 nitrogen and oxygen atoms in total. The van der Waals surface area contributed by atoms with Gasteiger partial charge in [0.05, 0.1) is 16.3 Å². The Morgan fingerprint density at radius 1 is 1.22 bits per heavy atom. The van der Waals surface area contributed by atoms with Gasteiger partial charge < -0.3 is 10.2 Å². The number of hydrogen-bond donors (Lipinski definition) is 1. The van der Waals surface area contributed by atoms with Crippen LogP contribution in [0.5, 0.6) is 0 Å². The van der Waals surface area contributed by atoms with Crippen molar-refractivity contribution in [3.8, 4) is 0 Å². The number of nitrogens with one attached hydrogen (secondary N) is 1. The summed E-state index contributed by atoms with van der Waals surface area (Å²) in [6.45, 7) is 6.36. The minimum Gasteiger partial charge on any atom is -0.383 e. The molecule has 0 aliphatic carbocycles. The molecule has 0 fully saturated rings. The fourth-order valence-corrected chi connectivity index (χ4v) is 2.65. The molecule has 0 amide bonds. The van der Waals surface area contributed by atoms with Crippen molar-refractivity contribution in [3.63, 3.8) is 0 Å². The Labute approximate surface area is 110 Å². The van der Waals surface area contributed by atoms with Crippen molar-refractivity contribution < 1.29 is 8.42 Å². The quantitative estimate of drug-likeness (QED) is 0.821. The van der Waals surface area contributed by atoms with Gasteiger partial charge in [-0.15, -0.1) is 0 Å². The topological polar surface area (TPSA) is 49.4 Å². The third-order valence-electron chi connectivity index (χ3n) is 2.95. The van der Waals surface area contributed by atoms with Crippen LogP contribution >= 0.6 is 0 Å². The normalized spacial score (nSPS) is 11.8. The zero-order chi connectivity index (χ0) is 13.6. The van der Waals surface area contributed by atoms with Gasteiger partial charge in [0.1, 0.15) is 0 Å². The van der Waals surface area contributed by atoms with Crippen molar-refractivity contribution >= 4 is 15.5 Å². The number of sulfone groups is 1. The van der Waals surface area contributed by atoms with Crippen LogP contribution in [0.1, 0.15) is 13.8 Å². The van der Waals surface area contributed by atoms with Gasteiger partial charge in [-0.1, -0.05) is 26.0 Å². The number of rotatable bonds is 7. The van der Waals surface area contributed by atoms with E-state index in [9.17, 15) is 8.42 Å². The summed E-state index contributed by atoms with van der Waals surface area (Å²) in [7, 11) is -1.12. The first-order chi connectivity index (χ1) is 8.51. The maximum Gasteiger partial charge on any atom is 0.180 e. The average Bonchev–Trinajstić information content (AvgIpc) is 2.39. The smallest absolute Gasteiger partial charge is 0.180 e. The van der Waals surface area contributed by atoms with Crippen LogP contribution in [0.15, 0.2) is 29.2 Å². The van der Waals surface area contributed by atoms with Gasteiger partial charge in [-0.3, -0.25) is 0 Å². The van der Waals surface area contributed by atoms with Crippen LogP contribution in [0.3, 0.4) is 0 Å². The summed E-state index contributed by atoms with van der Waals surface area (Å²) in [4.78, 5) is 2.57. The lowest BCUT2D eigenvalue weighted by Crippen LogP contribution is -2.25. The Morgan fingerprint density at radius 3 is 2.50 bits per heavy atom. The number of nitrogens with zero attached hydrogens (tertiary/aromatic N) is 1. The van der Waals surface area contributed by atoms with E-state index in [-0.39, 0.29) is 5.75 Å². The standard InChI is InChI=1S/C13H22N2O2S/c1-4-15(3)11-10-14-12-8-6-7-9-13(12)18(16,17)5-2/h6-9,14H,4-5,10-11H2,1-3H3. The monoisotopic (exact) mass is 270 g/mol. The van der Waals surface area contributed by atoms with Crippen molar-refractivity contribution in [1.29, 1.82) is 0 Å². The summed E-state index contributed by atoms with van der Waals surface area (Å²) >= 11 is 0. The molecule has 0 heterocycles. The van der Waals surface area contributed by atoms with Crippen LogP contribution in [-0.4, -0.2) is 45.8 Å². The molecule has 0 spiro atoms. The summed E-state index contributed by atoms with van der Waals surface area (Å²) in [6, 6.07) is 7.08. The molecule has 18 heavy (non-hydrogen) atoms. The van der Waals surface area contributed by atoms with E-state index in [1.807, 2.05) is 19.2 Å². The Hall–Kier alpha value is -1.07. The van der Waals surface area contributed by atoms with E-state index in [1.54, 1.807) is 19.1 Å². The molecule has 0 radical (unpaired) electrons. The predicted octanol–water partition coefficient (Wildman–Crippen LogP) is 1.84. The highest BCUT2D eigenvalue weighted by Gasteiger charge is 2.15. The summed E-state index contributed by atoms with van der Waals surface area (Å²) in [6.07, 6.45) is 0. The third kappa shape index (κ3) is 3.99. The van der Waals surface area contributed by atoms with Crippen molar-refractivity contribution in [2.75, 3.05) is 37.8 Å². The van der Waals surface area contributed by atoms with E-state index in [4.69, 9.17) is 0 Å². The first kappa shape index (κ1) is 15.0. The molecule has 0 atom stereocenters. The van der Waals surface area contributed by atoms with Crippen LogP contribution in [0.25, 0.3) is 0 Å². The van der Waals surface area contributed by atoms with Gasteiger partial charge >= 0.3 is 0 Å². The molecule has 0 saturated heterocycles. The largest absolute Gasteiger partial charge is 0.383 e. The summed E-state index contributed by atoms with van der Waals surface area (Å²) in [5.41, 5.74) is 0.698. The molecular formula is C13H22N2O2S. The van der Waals surface area contributed by atoms with Crippen LogP contribution in [0.2, 0.25) is 0 Å². The molecule has 5 heteroatoms. The van der Waals surface area contributed by atoms with Gasteiger partial charge in [-0.2, -0.15) is 0 Å².